The van der Waals surface area contributed by atoms with Gasteiger partial charge in [0.15, 0.2) is 0 Å². The third-order valence-corrected chi connectivity index (χ3v) is 3.17. The number of nitro groups is 1. The first-order valence-corrected chi connectivity index (χ1v) is 5.72. The molecule has 1 aromatic rings. The largest absolute Gasteiger partial charge is 0.490 e. The Labute approximate surface area is 104 Å². The van der Waals surface area contributed by atoms with Crippen LogP contribution >= 0.6 is 11.6 Å². The summed E-state index contributed by atoms with van der Waals surface area (Å²) in [6.45, 7) is 1.76. The SMILES string of the molecule is Cc1cc([N+](=O)[O-])c(Cl)cc1OC1CC(N)C1. The fourth-order valence-electron chi connectivity index (χ4n) is 1.80. The zero-order valence-corrected chi connectivity index (χ0v) is 10.1. The number of hydrogen-bond donors (Lipinski definition) is 1. The van der Waals surface area contributed by atoms with E-state index in [4.69, 9.17) is 22.1 Å². The summed E-state index contributed by atoms with van der Waals surface area (Å²) in [4.78, 5) is 10.2. The average Bonchev–Trinajstić information content (AvgIpc) is 2.20. The number of ether oxygens (including phenoxy) is 1. The zero-order chi connectivity index (χ0) is 12.6. The van der Waals surface area contributed by atoms with Crippen molar-refractivity contribution in [1.29, 1.82) is 0 Å². The van der Waals surface area contributed by atoms with E-state index in [-0.39, 0.29) is 22.9 Å². The molecule has 6 heteroatoms. The molecule has 2 rings (SSSR count). The van der Waals surface area contributed by atoms with E-state index < -0.39 is 4.92 Å². The van der Waals surface area contributed by atoms with Crippen LogP contribution in [0.3, 0.4) is 0 Å². The second kappa shape index (κ2) is 4.50. The van der Waals surface area contributed by atoms with E-state index in [1.165, 1.54) is 12.1 Å². The van der Waals surface area contributed by atoms with E-state index in [2.05, 4.69) is 0 Å². The third-order valence-electron chi connectivity index (χ3n) is 2.87. The van der Waals surface area contributed by atoms with E-state index in [9.17, 15) is 10.1 Å². The van der Waals surface area contributed by atoms with Crippen molar-refractivity contribution in [2.24, 2.45) is 5.73 Å². The van der Waals surface area contributed by atoms with E-state index in [1.807, 2.05) is 0 Å². The van der Waals surface area contributed by atoms with Gasteiger partial charge in [-0.3, -0.25) is 10.1 Å². The molecule has 1 saturated carbocycles. The van der Waals surface area contributed by atoms with Gasteiger partial charge in [-0.05, 0) is 25.3 Å². The topological polar surface area (TPSA) is 78.4 Å². The lowest BCUT2D eigenvalue weighted by atomic mass is 9.90. The van der Waals surface area contributed by atoms with Crippen LogP contribution in [-0.2, 0) is 0 Å². The molecule has 0 bridgehead atoms. The molecular formula is C11H13ClN2O3. The third kappa shape index (κ3) is 2.50. The Morgan fingerprint density at radius 1 is 1.53 bits per heavy atom. The first kappa shape index (κ1) is 12.1. The molecule has 0 spiro atoms. The Kier molecular flexibility index (Phi) is 3.22. The highest BCUT2D eigenvalue weighted by molar-refractivity contribution is 6.32. The van der Waals surface area contributed by atoms with Crippen molar-refractivity contribution in [3.8, 4) is 5.75 Å². The summed E-state index contributed by atoms with van der Waals surface area (Å²) in [6.07, 6.45) is 1.73. The summed E-state index contributed by atoms with van der Waals surface area (Å²) in [5.41, 5.74) is 6.27. The fraction of sp³-hybridized carbons (Fsp3) is 0.455. The van der Waals surface area contributed by atoms with Crippen molar-refractivity contribution in [1.82, 2.24) is 0 Å². The summed E-state index contributed by atoms with van der Waals surface area (Å²) in [5.74, 6) is 0.595. The van der Waals surface area contributed by atoms with Crippen molar-refractivity contribution in [2.75, 3.05) is 0 Å². The molecular weight excluding hydrogens is 244 g/mol. The van der Waals surface area contributed by atoms with Gasteiger partial charge in [-0.1, -0.05) is 11.6 Å². The number of aryl methyl sites for hydroxylation is 1. The van der Waals surface area contributed by atoms with Gasteiger partial charge in [0.25, 0.3) is 5.69 Å². The van der Waals surface area contributed by atoms with Crippen molar-refractivity contribution < 1.29 is 9.66 Å². The quantitative estimate of drug-likeness (QED) is 0.665. The minimum Gasteiger partial charge on any atom is -0.490 e. The summed E-state index contributed by atoms with van der Waals surface area (Å²) in [7, 11) is 0. The molecule has 0 heterocycles. The summed E-state index contributed by atoms with van der Waals surface area (Å²) in [6, 6.07) is 3.13. The number of benzene rings is 1. The molecule has 1 aliphatic rings. The highest BCUT2D eigenvalue weighted by Gasteiger charge is 2.28. The zero-order valence-electron chi connectivity index (χ0n) is 9.35. The standard InChI is InChI=1S/C11H13ClN2O3/c1-6-2-10(14(15)16)9(12)5-11(6)17-8-3-7(13)4-8/h2,5,7-8H,3-4,13H2,1H3. The average molecular weight is 257 g/mol. The van der Waals surface area contributed by atoms with Gasteiger partial charge in [-0.25, -0.2) is 0 Å². The first-order valence-electron chi connectivity index (χ1n) is 5.34. The van der Waals surface area contributed by atoms with Crippen molar-refractivity contribution >= 4 is 17.3 Å². The molecule has 0 atom stereocenters. The number of nitro benzene ring substituents is 1. The van der Waals surface area contributed by atoms with Gasteiger partial charge in [0.2, 0.25) is 0 Å². The molecule has 0 saturated heterocycles. The van der Waals surface area contributed by atoms with Crippen LogP contribution in [0.15, 0.2) is 12.1 Å². The Hall–Kier alpha value is -1.33. The lowest BCUT2D eigenvalue weighted by Crippen LogP contribution is -2.43. The molecule has 0 radical (unpaired) electrons. The smallest absolute Gasteiger partial charge is 0.288 e. The predicted molar refractivity (Wildman–Crippen MR) is 64.5 cm³/mol. The van der Waals surface area contributed by atoms with E-state index in [1.54, 1.807) is 6.92 Å². The minimum absolute atomic E-state index is 0.0955. The van der Waals surface area contributed by atoms with Gasteiger partial charge in [0.1, 0.15) is 16.9 Å². The van der Waals surface area contributed by atoms with Gasteiger partial charge < -0.3 is 10.5 Å². The van der Waals surface area contributed by atoms with E-state index >= 15 is 0 Å². The molecule has 1 aromatic carbocycles. The molecule has 0 aromatic heterocycles. The van der Waals surface area contributed by atoms with Crippen LogP contribution < -0.4 is 10.5 Å². The summed E-state index contributed by atoms with van der Waals surface area (Å²) >= 11 is 5.82. The molecule has 2 N–H and O–H groups in total. The molecule has 92 valence electrons. The molecule has 5 nitrogen and oxygen atoms in total. The van der Waals surface area contributed by atoms with Crippen LogP contribution in [0.5, 0.6) is 5.75 Å². The van der Waals surface area contributed by atoms with Crippen LogP contribution in [0.4, 0.5) is 5.69 Å². The van der Waals surface area contributed by atoms with Crippen molar-refractivity contribution in [2.45, 2.75) is 31.9 Å². The highest BCUT2D eigenvalue weighted by Crippen LogP contribution is 2.34. The Morgan fingerprint density at radius 3 is 2.71 bits per heavy atom. The maximum atomic E-state index is 10.7. The van der Waals surface area contributed by atoms with Gasteiger partial charge in [-0.2, -0.15) is 0 Å². The Morgan fingerprint density at radius 2 is 2.18 bits per heavy atom. The number of halogens is 1. The molecule has 0 unspecified atom stereocenters. The maximum absolute atomic E-state index is 10.7. The van der Waals surface area contributed by atoms with Gasteiger partial charge >= 0.3 is 0 Å². The van der Waals surface area contributed by atoms with E-state index in [0.717, 1.165) is 12.8 Å². The highest BCUT2D eigenvalue weighted by atomic mass is 35.5. The molecule has 1 fully saturated rings. The van der Waals surface area contributed by atoms with Crippen LogP contribution in [0.1, 0.15) is 18.4 Å². The Bertz CT molecular complexity index is 458. The number of nitrogens with two attached hydrogens (primary N) is 1. The second-order valence-corrected chi connectivity index (χ2v) is 4.70. The fourth-order valence-corrected chi connectivity index (χ4v) is 2.02. The number of hydrogen-bond acceptors (Lipinski definition) is 4. The van der Waals surface area contributed by atoms with Crippen molar-refractivity contribution in [3.63, 3.8) is 0 Å². The van der Waals surface area contributed by atoms with Crippen LogP contribution in [0.2, 0.25) is 5.02 Å². The van der Waals surface area contributed by atoms with E-state index in [0.29, 0.717) is 11.3 Å². The van der Waals surface area contributed by atoms with Crippen LogP contribution in [-0.4, -0.2) is 17.1 Å². The first-order chi connectivity index (χ1) is 7.97. The second-order valence-electron chi connectivity index (χ2n) is 4.30. The molecule has 1 aliphatic carbocycles. The maximum Gasteiger partial charge on any atom is 0.288 e. The predicted octanol–water partition coefficient (Wildman–Crippen LogP) is 2.43. The monoisotopic (exact) mass is 256 g/mol. The van der Waals surface area contributed by atoms with Gasteiger partial charge in [0, 0.05) is 18.2 Å². The number of rotatable bonds is 3. The minimum atomic E-state index is -0.502. The Balaban J connectivity index is 2.18. The molecule has 0 amide bonds. The van der Waals surface area contributed by atoms with Crippen LogP contribution in [0, 0.1) is 17.0 Å². The summed E-state index contributed by atoms with van der Waals surface area (Å²) < 4.78 is 5.68. The number of nitrogens with zero attached hydrogens (tertiary/aromatic N) is 1. The lowest BCUT2D eigenvalue weighted by Gasteiger charge is -2.33. The summed E-state index contributed by atoms with van der Waals surface area (Å²) in [5, 5.41) is 10.8. The molecule has 17 heavy (non-hydrogen) atoms. The van der Waals surface area contributed by atoms with Crippen LogP contribution in [0.25, 0.3) is 0 Å². The molecule has 0 aliphatic heterocycles. The lowest BCUT2D eigenvalue weighted by molar-refractivity contribution is -0.384. The van der Waals surface area contributed by atoms with Gasteiger partial charge in [0.05, 0.1) is 4.92 Å². The van der Waals surface area contributed by atoms with Gasteiger partial charge in [-0.15, -0.1) is 0 Å². The normalized spacial score (nSPS) is 23.0. The van der Waals surface area contributed by atoms with Crippen molar-refractivity contribution in [3.05, 3.63) is 32.8 Å².